The lowest BCUT2D eigenvalue weighted by Gasteiger charge is -2.28. The third kappa shape index (κ3) is 5.44. The summed E-state index contributed by atoms with van der Waals surface area (Å²) in [5.41, 5.74) is 5.47. The van der Waals surface area contributed by atoms with E-state index in [4.69, 9.17) is 12.2 Å². The number of aryl methyl sites for hydroxylation is 2. The Morgan fingerprint density at radius 3 is 2.12 bits per heavy atom. The van der Waals surface area contributed by atoms with Gasteiger partial charge in [-0.15, -0.1) is 0 Å². The maximum Gasteiger partial charge on any atom is 0.171 e. The summed E-state index contributed by atoms with van der Waals surface area (Å²) in [6.07, 6.45) is 8.33. The molecule has 2 nitrogen and oxygen atoms in total. The minimum atomic E-state index is 0.533. The first-order chi connectivity index (χ1) is 12.0. The second-order valence-electron chi connectivity index (χ2n) is 7.79. The predicted molar refractivity (Wildman–Crippen MR) is 115 cm³/mol. The van der Waals surface area contributed by atoms with Crippen molar-refractivity contribution in [3.63, 3.8) is 0 Å². The molecule has 0 aromatic heterocycles. The van der Waals surface area contributed by atoms with Crippen LogP contribution in [0.1, 0.15) is 89.3 Å². The zero-order chi connectivity index (χ0) is 18.4. The molecular formula is C22H36N2S. The number of hydrogen-bond acceptors (Lipinski definition) is 1. The summed E-state index contributed by atoms with van der Waals surface area (Å²) in [6.45, 7) is 11.4. The van der Waals surface area contributed by atoms with Crippen molar-refractivity contribution in [3.8, 4) is 0 Å². The highest BCUT2D eigenvalue weighted by molar-refractivity contribution is 7.80. The van der Waals surface area contributed by atoms with Crippen LogP contribution in [0.5, 0.6) is 0 Å². The fraction of sp³-hybridized carbons (Fsp3) is 0.682. The maximum absolute atomic E-state index is 5.65. The third-order valence-corrected chi connectivity index (χ3v) is 6.08. The van der Waals surface area contributed by atoms with Crippen LogP contribution in [0.25, 0.3) is 0 Å². The minimum Gasteiger partial charge on any atom is -0.360 e. The Labute approximate surface area is 160 Å². The SMILES string of the molecule is CCc1cc(C(C)CC)cc(CC)c1NC(=S)NC1CCC(C)CC1. The molecule has 0 spiro atoms. The molecule has 1 unspecified atom stereocenters. The van der Waals surface area contributed by atoms with Gasteiger partial charge in [0.2, 0.25) is 0 Å². The van der Waals surface area contributed by atoms with Gasteiger partial charge in [-0.25, -0.2) is 0 Å². The van der Waals surface area contributed by atoms with E-state index in [2.05, 4.69) is 57.4 Å². The fourth-order valence-electron chi connectivity index (χ4n) is 3.77. The molecule has 1 aromatic carbocycles. The summed E-state index contributed by atoms with van der Waals surface area (Å²) in [7, 11) is 0. The number of nitrogens with one attached hydrogen (secondary N) is 2. The van der Waals surface area contributed by atoms with E-state index in [1.807, 2.05) is 0 Å². The summed E-state index contributed by atoms with van der Waals surface area (Å²) in [6, 6.07) is 5.28. The number of benzene rings is 1. The molecule has 1 atom stereocenters. The van der Waals surface area contributed by atoms with E-state index in [-0.39, 0.29) is 0 Å². The van der Waals surface area contributed by atoms with Crippen molar-refractivity contribution in [3.05, 3.63) is 28.8 Å². The molecule has 25 heavy (non-hydrogen) atoms. The Morgan fingerprint density at radius 1 is 1.08 bits per heavy atom. The topological polar surface area (TPSA) is 24.1 Å². The summed E-state index contributed by atoms with van der Waals surface area (Å²) >= 11 is 5.65. The largest absolute Gasteiger partial charge is 0.360 e. The van der Waals surface area contributed by atoms with Crippen LogP contribution in [-0.4, -0.2) is 11.2 Å². The molecule has 1 aliphatic carbocycles. The van der Waals surface area contributed by atoms with E-state index in [1.165, 1.54) is 54.5 Å². The second kappa shape index (κ2) is 9.56. The van der Waals surface area contributed by atoms with Gasteiger partial charge in [0.15, 0.2) is 5.11 Å². The fourth-order valence-corrected chi connectivity index (χ4v) is 4.04. The smallest absolute Gasteiger partial charge is 0.171 e. The van der Waals surface area contributed by atoms with Crippen molar-refractivity contribution in [1.82, 2.24) is 5.32 Å². The van der Waals surface area contributed by atoms with Crippen LogP contribution in [-0.2, 0) is 12.8 Å². The van der Waals surface area contributed by atoms with Crippen molar-refractivity contribution >= 4 is 23.0 Å². The number of thiocarbonyl (C=S) groups is 1. The van der Waals surface area contributed by atoms with E-state index in [0.29, 0.717) is 12.0 Å². The van der Waals surface area contributed by atoms with Crippen molar-refractivity contribution in [2.24, 2.45) is 5.92 Å². The van der Waals surface area contributed by atoms with Gasteiger partial charge in [-0.1, -0.05) is 46.8 Å². The van der Waals surface area contributed by atoms with Gasteiger partial charge < -0.3 is 10.6 Å². The second-order valence-corrected chi connectivity index (χ2v) is 8.19. The first-order valence-corrected chi connectivity index (χ1v) is 10.6. The van der Waals surface area contributed by atoms with E-state index in [1.54, 1.807) is 0 Å². The first-order valence-electron chi connectivity index (χ1n) is 10.2. The Balaban J connectivity index is 2.13. The van der Waals surface area contributed by atoms with Crippen LogP contribution < -0.4 is 10.6 Å². The van der Waals surface area contributed by atoms with Crippen molar-refractivity contribution in [1.29, 1.82) is 0 Å². The molecule has 0 saturated heterocycles. The first kappa shape index (κ1) is 20.2. The van der Waals surface area contributed by atoms with Crippen LogP contribution in [0.15, 0.2) is 12.1 Å². The number of anilines is 1. The van der Waals surface area contributed by atoms with E-state index in [0.717, 1.165) is 23.9 Å². The zero-order valence-electron chi connectivity index (χ0n) is 16.7. The molecule has 2 rings (SSSR count). The Morgan fingerprint density at radius 2 is 1.64 bits per heavy atom. The molecule has 0 bridgehead atoms. The number of rotatable bonds is 6. The molecule has 140 valence electrons. The van der Waals surface area contributed by atoms with Gasteiger partial charge >= 0.3 is 0 Å². The summed E-state index contributed by atoms with van der Waals surface area (Å²) in [5.74, 6) is 1.48. The predicted octanol–water partition coefficient (Wildman–Crippen LogP) is 6.19. The minimum absolute atomic E-state index is 0.533. The normalized spacial score (nSPS) is 21.6. The van der Waals surface area contributed by atoms with Gasteiger partial charge in [0.25, 0.3) is 0 Å². The molecule has 1 aliphatic rings. The Hall–Kier alpha value is -1.09. The number of hydrogen-bond donors (Lipinski definition) is 2. The van der Waals surface area contributed by atoms with Gasteiger partial charge in [0.1, 0.15) is 0 Å². The van der Waals surface area contributed by atoms with Gasteiger partial charge in [-0.3, -0.25) is 0 Å². The average Bonchev–Trinajstić information content (AvgIpc) is 2.62. The molecular weight excluding hydrogens is 324 g/mol. The molecule has 1 saturated carbocycles. The Bertz CT molecular complexity index is 548. The van der Waals surface area contributed by atoms with Gasteiger partial charge in [0.05, 0.1) is 0 Å². The Kier molecular flexibility index (Phi) is 7.74. The summed E-state index contributed by atoms with van der Waals surface area (Å²) in [5, 5.41) is 7.90. The lowest BCUT2D eigenvalue weighted by molar-refractivity contribution is 0.332. The third-order valence-electron chi connectivity index (χ3n) is 5.86. The van der Waals surface area contributed by atoms with E-state index in [9.17, 15) is 0 Å². The molecule has 2 N–H and O–H groups in total. The van der Waals surface area contributed by atoms with Crippen LogP contribution in [0.2, 0.25) is 0 Å². The average molecular weight is 361 g/mol. The van der Waals surface area contributed by atoms with Crippen molar-refractivity contribution in [2.75, 3.05) is 5.32 Å². The van der Waals surface area contributed by atoms with Crippen LogP contribution in [0, 0.1) is 5.92 Å². The quantitative estimate of drug-likeness (QED) is 0.591. The molecule has 0 radical (unpaired) electrons. The van der Waals surface area contributed by atoms with E-state index < -0.39 is 0 Å². The lowest BCUT2D eigenvalue weighted by atomic mass is 9.87. The zero-order valence-corrected chi connectivity index (χ0v) is 17.6. The van der Waals surface area contributed by atoms with E-state index >= 15 is 0 Å². The highest BCUT2D eigenvalue weighted by Gasteiger charge is 2.19. The summed E-state index contributed by atoms with van der Waals surface area (Å²) < 4.78 is 0. The monoisotopic (exact) mass is 360 g/mol. The molecule has 0 heterocycles. The lowest BCUT2D eigenvalue weighted by Crippen LogP contribution is -2.40. The van der Waals surface area contributed by atoms with Gasteiger partial charge in [-0.05, 0) is 85.7 Å². The van der Waals surface area contributed by atoms with Crippen molar-refractivity contribution in [2.45, 2.75) is 91.5 Å². The molecule has 1 fully saturated rings. The molecule has 1 aromatic rings. The molecule has 3 heteroatoms. The highest BCUT2D eigenvalue weighted by Crippen LogP contribution is 2.30. The van der Waals surface area contributed by atoms with Gasteiger partial charge in [-0.2, -0.15) is 0 Å². The van der Waals surface area contributed by atoms with Crippen molar-refractivity contribution < 1.29 is 0 Å². The summed E-state index contributed by atoms with van der Waals surface area (Å²) in [4.78, 5) is 0. The molecule has 0 amide bonds. The molecule has 0 aliphatic heterocycles. The standard InChI is InChI=1S/C22H36N2S/c1-6-16(5)19-13-17(7-2)21(18(8-3)14-19)24-22(25)23-20-11-9-15(4)10-12-20/h13-16,20H,6-12H2,1-5H3,(H2,23,24,25). The van der Waals surface area contributed by atoms with Crippen LogP contribution >= 0.6 is 12.2 Å². The highest BCUT2D eigenvalue weighted by atomic mass is 32.1. The van der Waals surface area contributed by atoms with Crippen LogP contribution in [0.3, 0.4) is 0 Å². The van der Waals surface area contributed by atoms with Crippen LogP contribution in [0.4, 0.5) is 5.69 Å². The van der Waals surface area contributed by atoms with Gasteiger partial charge in [0, 0.05) is 11.7 Å². The maximum atomic E-state index is 5.65.